The Hall–Kier alpha value is -0.830. The molecule has 1 aromatic heterocycles. The number of alkyl halides is 1. The Bertz CT molecular complexity index is 305. The summed E-state index contributed by atoms with van der Waals surface area (Å²) in [5, 5.41) is 9.32. The van der Waals surface area contributed by atoms with E-state index in [9.17, 15) is 5.11 Å². The number of rotatable bonds is 6. The summed E-state index contributed by atoms with van der Waals surface area (Å²) in [6.45, 7) is 2.18. The molecule has 0 spiro atoms. The smallest absolute Gasteiger partial charge is 0.214 e. The van der Waals surface area contributed by atoms with Crippen molar-refractivity contribution in [3.05, 3.63) is 17.6 Å². The van der Waals surface area contributed by atoms with E-state index in [-0.39, 0.29) is 5.88 Å². The van der Waals surface area contributed by atoms with E-state index in [1.807, 2.05) is 0 Å². The van der Waals surface area contributed by atoms with Gasteiger partial charge in [0.2, 0.25) is 5.88 Å². The van der Waals surface area contributed by atoms with Crippen molar-refractivity contribution in [2.24, 2.45) is 0 Å². The van der Waals surface area contributed by atoms with Gasteiger partial charge in [-0.05, 0) is 6.42 Å². The number of nitrogens with zero attached hydrogens (tertiary/aromatic N) is 2. The standard InChI is InChI=1S/C11H17ClN2O/c1-2-3-4-5-6-10-13-9(8-12)7-11(15)14-10/h7H,2-6,8H2,1H3,(H,13,14,15). The third-order valence-electron chi connectivity index (χ3n) is 2.20. The van der Waals surface area contributed by atoms with Crippen LogP contribution in [-0.4, -0.2) is 15.1 Å². The first-order valence-electron chi connectivity index (χ1n) is 5.38. The van der Waals surface area contributed by atoms with Gasteiger partial charge in [-0.2, -0.15) is 4.98 Å². The summed E-state index contributed by atoms with van der Waals surface area (Å²) in [7, 11) is 0. The quantitative estimate of drug-likeness (QED) is 0.601. The van der Waals surface area contributed by atoms with E-state index in [0.717, 1.165) is 12.8 Å². The fraction of sp³-hybridized carbons (Fsp3) is 0.636. The van der Waals surface area contributed by atoms with Crippen molar-refractivity contribution in [1.29, 1.82) is 0 Å². The first-order chi connectivity index (χ1) is 7.26. The third kappa shape index (κ3) is 4.47. The molecule has 0 aromatic carbocycles. The molecule has 1 rings (SSSR count). The highest BCUT2D eigenvalue weighted by atomic mass is 35.5. The molecule has 0 amide bonds. The zero-order chi connectivity index (χ0) is 11.1. The number of hydrogen-bond acceptors (Lipinski definition) is 3. The molecule has 0 aliphatic heterocycles. The molecule has 0 atom stereocenters. The number of aromatic hydroxyl groups is 1. The monoisotopic (exact) mass is 228 g/mol. The molecular formula is C11H17ClN2O. The molecule has 0 fully saturated rings. The Labute approximate surface area is 95.5 Å². The third-order valence-corrected chi connectivity index (χ3v) is 2.48. The van der Waals surface area contributed by atoms with Crippen molar-refractivity contribution in [2.45, 2.75) is 44.9 Å². The van der Waals surface area contributed by atoms with Gasteiger partial charge in [-0.3, -0.25) is 0 Å². The van der Waals surface area contributed by atoms with Crippen LogP contribution in [0.15, 0.2) is 6.07 Å². The van der Waals surface area contributed by atoms with Crippen LogP contribution in [0.25, 0.3) is 0 Å². The van der Waals surface area contributed by atoms with Gasteiger partial charge < -0.3 is 5.11 Å². The van der Waals surface area contributed by atoms with Gasteiger partial charge >= 0.3 is 0 Å². The Kier molecular flexibility index (Phi) is 5.40. The molecule has 0 saturated heterocycles. The van der Waals surface area contributed by atoms with Crippen molar-refractivity contribution in [3.63, 3.8) is 0 Å². The fourth-order valence-corrected chi connectivity index (χ4v) is 1.56. The average molecular weight is 229 g/mol. The summed E-state index contributed by atoms with van der Waals surface area (Å²) in [5.41, 5.74) is 0.689. The zero-order valence-electron chi connectivity index (χ0n) is 9.04. The number of unbranched alkanes of at least 4 members (excludes halogenated alkanes) is 3. The van der Waals surface area contributed by atoms with Crippen LogP contribution in [0.3, 0.4) is 0 Å². The molecule has 0 bridgehead atoms. The highest BCUT2D eigenvalue weighted by Gasteiger charge is 2.02. The van der Waals surface area contributed by atoms with Gasteiger partial charge in [-0.15, -0.1) is 11.6 Å². The van der Waals surface area contributed by atoms with Gasteiger partial charge in [0.15, 0.2) is 0 Å². The summed E-state index contributed by atoms with van der Waals surface area (Å²) in [6.07, 6.45) is 5.53. The van der Waals surface area contributed by atoms with E-state index in [0.29, 0.717) is 17.4 Å². The van der Waals surface area contributed by atoms with E-state index in [4.69, 9.17) is 11.6 Å². The van der Waals surface area contributed by atoms with Crippen LogP contribution in [-0.2, 0) is 12.3 Å². The lowest BCUT2D eigenvalue weighted by Crippen LogP contribution is -1.98. The first kappa shape index (κ1) is 12.2. The van der Waals surface area contributed by atoms with Gasteiger partial charge in [-0.25, -0.2) is 4.98 Å². The summed E-state index contributed by atoms with van der Waals surface area (Å²) < 4.78 is 0. The summed E-state index contributed by atoms with van der Waals surface area (Å²) >= 11 is 5.65. The molecule has 15 heavy (non-hydrogen) atoms. The molecule has 0 radical (unpaired) electrons. The van der Waals surface area contributed by atoms with Crippen LogP contribution in [0.4, 0.5) is 0 Å². The number of hydrogen-bond donors (Lipinski definition) is 1. The summed E-state index contributed by atoms with van der Waals surface area (Å²) in [4.78, 5) is 8.21. The highest BCUT2D eigenvalue weighted by molar-refractivity contribution is 6.16. The van der Waals surface area contributed by atoms with E-state index in [1.165, 1.54) is 25.3 Å². The fourth-order valence-electron chi connectivity index (χ4n) is 1.43. The van der Waals surface area contributed by atoms with E-state index in [2.05, 4.69) is 16.9 Å². The maximum absolute atomic E-state index is 9.32. The minimum Gasteiger partial charge on any atom is -0.493 e. The van der Waals surface area contributed by atoms with Crippen molar-refractivity contribution in [2.75, 3.05) is 0 Å². The topological polar surface area (TPSA) is 46.0 Å². The zero-order valence-corrected chi connectivity index (χ0v) is 9.80. The normalized spacial score (nSPS) is 10.5. The minimum atomic E-state index is 0.0196. The number of aryl methyl sites for hydroxylation is 1. The molecule has 4 heteroatoms. The predicted octanol–water partition coefficient (Wildman–Crippen LogP) is 3.04. The van der Waals surface area contributed by atoms with Crippen LogP contribution in [0, 0.1) is 0 Å². The van der Waals surface area contributed by atoms with Crippen LogP contribution in [0.5, 0.6) is 5.88 Å². The van der Waals surface area contributed by atoms with E-state index >= 15 is 0 Å². The SMILES string of the molecule is CCCCCCc1nc(O)cc(CCl)n1. The number of aromatic nitrogens is 2. The lowest BCUT2D eigenvalue weighted by molar-refractivity contribution is 0.447. The summed E-state index contributed by atoms with van der Waals surface area (Å²) in [5.74, 6) is 1.03. The van der Waals surface area contributed by atoms with Gasteiger partial charge in [0, 0.05) is 12.5 Å². The van der Waals surface area contributed by atoms with Gasteiger partial charge in [0.05, 0.1) is 11.6 Å². The Morgan fingerprint density at radius 3 is 2.73 bits per heavy atom. The Balaban J connectivity index is 2.49. The van der Waals surface area contributed by atoms with Crippen LogP contribution >= 0.6 is 11.6 Å². The minimum absolute atomic E-state index is 0.0196. The van der Waals surface area contributed by atoms with Crippen molar-refractivity contribution in [3.8, 4) is 5.88 Å². The molecule has 0 aliphatic carbocycles. The van der Waals surface area contributed by atoms with Gasteiger partial charge in [0.25, 0.3) is 0 Å². The highest BCUT2D eigenvalue weighted by Crippen LogP contribution is 2.11. The van der Waals surface area contributed by atoms with Crippen molar-refractivity contribution in [1.82, 2.24) is 9.97 Å². The van der Waals surface area contributed by atoms with Gasteiger partial charge in [-0.1, -0.05) is 26.2 Å². The second-order valence-corrected chi connectivity index (χ2v) is 3.85. The van der Waals surface area contributed by atoms with E-state index in [1.54, 1.807) is 0 Å². The molecule has 1 heterocycles. The van der Waals surface area contributed by atoms with Crippen LogP contribution < -0.4 is 0 Å². The van der Waals surface area contributed by atoms with Crippen molar-refractivity contribution < 1.29 is 5.11 Å². The molecule has 3 nitrogen and oxygen atoms in total. The Morgan fingerprint density at radius 2 is 2.07 bits per heavy atom. The molecule has 0 aliphatic rings. The lowest BCUT2D eigenvalue weighted by atomic mass is 10.1. The summed E-state index contributed by atoms with van der Waals surface area (Å²) in [6, 6.07) is 1.50. The molecule has 0 unspecified atom stereocenters. The maximum atomic E-state index is 9.32. The molecule has 0 saturated carbocycles. The first-order valence-corrected chi connectivity index (χ1v) is 5.91. The second kappa shape index (κ2) is 6.62. The lowest BCUT2D eigenvalue weighted by Gasteiger charge is -2.02. The largest absolute Gasteiger partial charge is 0.493 e. The number of halogens is 1. The maximum Gasteiger partial charge on any atom is 0.214 e. The molecule has 1 N–H and O–H groups in total. The average Bonchev–Trinajstić information content (AvgIpc) is 2.23. The van der Waals surface area contributed by atoms with Crippen LogP contribution in [0.1, 0.15) is 44.1 Å². The van der Waals surface area contributed by atoms with Crippen LogP contribution in [0.2, 0.25) is 0 Å². The van der Waals surface area contributed by atoms with Crippen molar-refractivity contribution >= 4 is 11.6 Å². The Morgan fingerprint density at radius 1 is 1.27 bits per heavy atom. The molecular weight excluding hydrogens is 212 g/mol. The van der Waals surface area contributed by atoms with E-state index < -0.39 is 0 Å². The molecule has 84 valence electrons. The molecule has 1 aromatic rings. The van der Waals surface area contributed by atoms with Gasteiger partial charge in [0.1, 0.15) is 5.82 Å². The second-order valence-electron chi connectivity index (χ2n) is 3.58. The predicted molar refractivity (Wildman–Crippen MR) is 61.1 cm³/mol.